The van der Waals surface area contributed by atoms with Crippen molar-refractivity contribution in [3.05, 3.63) is 40.9 Å². The van der Waals surface area contributed by atoms with Crippen LogP contribution in [-0.2, 0) is 0 Å². The Kier molecular flexibility index (Phi) is 3.58. The highest BCUT2D eigenvalue weighted by atomic mass is 35.5. The molecule has 0 saturated heterocycles. The van der Waals surface area contributed by atoms with Gasteiger partial charge in [-0.1, -0.05) is 17.7 Å². The monoisotopic (exact) mass is 264 g/mol. The van der Waals surface area contributed by atoms with Gasteiger partial charge in [0, 0.05) is 11.1 Å². The van der Waals surface area contributed by atoms with Crippen LogP contribution in [0.5, 0.6) is 17.5 Å². The van der Waals surface area contributed by atoms with Crippen molar-refractivity contribution in [2.24, 2.45) is 0 Å². The lowest BCUT2D eigenvalue weighted by Crippen LogP contribution is -1.97. The first-order chi connectivity index (χ1) is 8.60. The fourth-order valence-corrected chi connectivity index (χ4v) is 1.61. The topological polar surface area (TPSA) is 57.4 Å². The van der Waals surface area contributed by atoms with Gasteiger partial charge in [0.25, 0.3) is 0 Å². The summed E-state index contributed by atoms with van der Waals surface area (Å²) in [6.45, 7) is 1.93. The number of methoxy groups -OCH3 is 1. The Balaban J connectivity index is 2.31. The van der Waals surface area contributed by atoms with Gasteiger partial charge < -0.3 is 15.2 Å². The zero-order valence-corrected chi connectivity index (χ0v) is 10.9. The molecule has 4 nitrogen and oxygen atoms in total. The summed E-state index contributed by atoms with van der Waals surface area (Å²) in [5.41, 5.74) is 7.12. The number of aryl methyl sites for hydroxylation is 1. The number of anilines is 1. The fourth-order valence-electron chi connectivity index (χ4n) is 1.45. The van der Waals surface area contributed by atoms with Crippen LogP contribution in [0.15, 0.2) is 30.3 Å². The molecular weight excluding hydrogens is 252 g/mol. The summed E-state index contributed by atoms with van der Waals surface area (Å²) in [6.07, 6.45) is 0. The zero-order valence-electron chi connectivity index (χ0n) is 10.1. The molecule has 1 heterocycles. The average Bonchev–Trinajstić information content (AvgIpc) is 2.36. The molecule has 0 spiro atoms. The maximum Gasteiger partial charge on any atom is 0.240 e. The summed E-state index contributed by atoms with van der Waals surface area (Å²) in [5.74, 6) is 1.40. The Hall–Kier alpha value is -1.94. The number of rotatable bonds is 3. The maximum absolute atomic E-state index is 5.92. The van der Waals surface area contributed by atoms with Gasteiger partial charge in [0.15, 0.2) is 0 Å². The van der Waals surface area contributed by atoms with Crippen LogP contribution in [0.1, 0.15) is 5.56 Å². The molecule has 2 rings (SSSR count). The molecule has 18 heavy (non-hydrogen) atoms. The number of ether oxygens (including phenoxy) is 2. The zero-order chi connectivity index (χ0) is 13.1. The molecule has 2 N–H and O–H groups in total. The van der Waals surface area contributed by atoms with Gasteiger partial charge >= 0.3 is 0 Å². The van der Waals surface area contributed by atoms with Gasteiger partial charge in [-0.15, -0.1) is 0 Å². The summed E-state index contributed by atoms with van der Waals surface area (Å²) in [4.78, 5) is 4.14. The third-order valence-electron chi connectivity index (χ3n) is 2.42. The molecule has 0 unspecified atom stereocenters. The first-order valence-corrected chi connectivity index (χ1v) is 5.72. The summed E-state index contributed by atoms with van der Waals surface area (Å²) < 4.78 is 10.7. The summed E-state index contributed by atoms with van der Waals surface area (Å²) >= 11 is 5.92. The average molecular weight is 265 g/mol. The van der Waals surface area contributed by atoms with E-state index in [1.165, 1.54) is 7.11 Å². The molecule has 0 aliphatic carbocycles. The van der Waals surface area contributed by atoms with E-state index in [-0.39, 0.29) is 0 Å². The summed E-state index contributed by atoms with van der Waals surface area (Å²) in [5, 5.41) is 0.609. The highest BCUT2D eigenvalue weighted by Crippen LogP contribution is 2.29. The third-order valence-corrected chi connectivity index (χ3v) is 2.66. The number of nitrogens with zero attached hydrogens (tertiary/aromatic N) is 1. The lowest BCUT2D eigenvalue weighted by Gasteiger charge is -2.10. The molecule has 0 saturated carbocycles. The van der Waals surface area contributed by atoms with Crippen LogP contribution in [0, 0.1) is 6.92 Å². The predicted octanol–water partition coefficient (Wildman–Crippen LogP) is 3.43. The second-order valence-corrected chi connectivity index (χ2v) is 4.20. The lowest BCUT2D eigenvalue weighted by molar-refractivity contribution is 0.385. The molecule has 2 aromatic rings. The van der Waals surface area contributed by atoms with E-state index in [4.69, 9.17) is 26.8 Å². The normalized spacial score (nSPS) is 10.2. The number of nitrogens with two attached hydrogens (primary N) is 1. The highest BCUT2D eigenvalue weighted by molar-refractivity contribution is 6.30. The van der Waals surface area contributed by atoms with Gasteiger partial charge in [-0.3, -0.25) is 0 Å². The summed E-state index contributed by atoms with van der Waals surface area (Å²) in [7, 11) is 1.51. The lowest BCUT2D eigenvalue weighted by atomic mass is 10.2. The van der Waals surface area contributed by atoms with E-state index in [9.17, 15) is 0 Å². The molecule has 0 amide bonds. The second-order valence-electron chi connectivity index (χ2n) is 3.76. The van der Waals surface area contributed by atoms with E-state index in [2.05, 4.69) is 4.98 Å². The molecule has 0 aliphatic rings. The van der Waals surface area contributed by atoms with Crippen LogP contribution in [0.25, 0.3) is 0 Å². The molecule has 0 radical (unpaired) electrons. The number of hydrogen-bond donors (Lipinski definition) is 1. The second kappa shape index (κ2) is 5.14. The minimum absolute atomic E-state index is 0.340. The first kappa shape index (κ1) is 12.5. The van der Waals surface area contributed by atoms with Crippen LogP contribution in [-0.4, -0.2) is 12.1 Å². The van der Waals surface area contributed by atoms with E-state index >= 15 is 0 Å². The van der Waals surface area contributed by atoms with Crippen molar-refractivity contribution < 1.29 is 9.47 Å². The Bertz CT molecular complexity index is 573. The van der Waals surface area contributed by atoms with Crippen molar-refractivity contribution in [1.82, 2.24) is 4.98 Å². The molecule has 94 valence electrons. The van der Waals surface area contributed by atoms with Gasteiger partial charge in [0.1, 0.15) is 5.75 Å². The van der Waals surface area contributed by atoms with Gasteiger partial charge in [-0.25, -0.2) is 0 Å². The highest BCUT2D eigenvalue weighted by Gasteiger charge is 2.07. The number of halogens is 1. The van der Waals surface area contributed by atoms with Gasteiger partial charge in [0.05, 0.1) is 12.8 Å². The summed E-state index contributed by atoms with van der Waals surface area (Å²) in [6, 6.07) is 8.79. The van der Waals surface area contributed by atoms with Crippen LogP contribution in [0.3, 0.4) is 0 Å². The van der Waals surface area contributed by atoms with E-state index in [0.717, 1.165) is 5.56 Å². The Morgan fingerprint density at radius 2 is 2.00 bits per heavy atom. The maximum atomic E-state index is 5.92. The van der Waals surface area contributed by atoms with Crippen molar-refractivity contribution in [3.8, 4) is 17.5 Å². The van der Waals surface area contributed by atoms with Gasteiger partial charge in [-0.2, -0.15) is 4.98 Å². The van der Waals surface area contributed by atoms with Crippen LogP contribution in [0.4, 0.5) is 5.69 Å². The SMILES string of the molecule is COc1nc(Oc2cc(Cl)ccc2C)ccc1N. The molecule has 1 aromatic heterocycles. The third kappa shape index (κ3) is 2.65. The van der Waals surface area contributed by atoms with Crippen molar-refractivity contribution in [2.45, 2.75) is 6.92 Å². The predicted molar refractivity (Wildman–Crippen MR) is 71.5 cm³/mol. The molecule has 1 aromatic carbocycles. The Morgan fingerprint density at radius 1 is 1.22 bits per heavy atom. The molecule has 5 heteroatoms. The number of pyridine rings is 1. The van der Waals surface area contributed by atoms with Crippen LogP contribution < -0.4 is 15.2 Å². The molecule has 0 fully saturated rings. The number of nitrogen functional groups attached to an aromatic ring is 1. The number of aromatic nitrogens is 1. The van der Waals surface area contributed by atoms with Gasteiger partial charge in [-0.05, 0) is 30.7 Å². The number of hydrogen-bond acceptors (Lipinski definition) is 4. The minimum atomic E-state index is 0.340. The van der Waals surface area contributed by atoms with Crippen molar-refractivity contribution >= 4 is 17.3 Å². The standard InChI is InChI=1S/C13H13ClN2O2/c1-8-3-4-9(14)7-11(8)18-12-6-5-10(15)13(16-12)17-2/h3-7H,15H2,1-2H3. The van der Waals surface area contributed by atoms with Crippen molar-refractivity contribution in [3.63, 3.8) is 0 Å². The Morgan fingerprint density at radius 3 is 2.72 bits per heavy atom. The first-order valence-electron chi connectivity index (χ1n) is 5.34. The molecule has 0 atom stereocenters. The minimum Gasteiger partial charge on any atom is -0.479 e. The molecule has 0 bridgehead atoms. The van der Waals surface area contributed by atoms with Crippen LogP contribution in [0.2, 0.25) is 5.02 Å². The van der Waals surface area contributed by atoms with Crippen molar-refractivity contribution in [1.29, 1.82) is 0 Å². The van der Waals surface area contributed by atoms with E-state index < -0.39 is 0 Å². The Labute approximate surface area is 110 Å². The smallest absolute Gasteiger partial charge is 0.240 e. The van der Waals surface area contributed by atoms with Gasteiger partial charge in [0.2, 0.25) is 11.8 Å². The van der Waals surface area contributed by atoms with E-state index in [0.29, 0.717) is 28.2 Å². The largest absolute Gasteiger partial charge is 0.479 e. The molecular formula is C13H13ClN2O2. The molecule has 0 aliphatic heterocycles. The fraction of sp³-hybridized carbons (Fsp3) is 0.154. The number of benzene rings is 1. The quantitative estimate of drug-likeness (QED) is 0.923. The van der Waals surface area contributed by atoms with Crippen LogP contribution >= 0.6 is 11.6 Å². The van der Waals surface area contributed by atoms with Crippen molar-refractivity contribution in [2.75, 3.05) is 12.8 Å². The van der Waals surface area contributed by atoms with E-state index in [1.54, 1.807) is 24.3 Å². The van der Waals surface area contributed by atoms with E-state index in [1.807, 2.05) is 13.0 Å².